The smallest absolute Gasteiger partial charge is 0.408 e. The van der Waals surface area contributed by atoms with E-state index in [1.165, 1.54) is 0 Å². The summed E-state index contributed by atoms with van der Waals surface area (Å²) in [6.45, 7) is 9.63. The van der Waals surface area contributed by atoms with Crippen LogP contribution < -0.4 is 10.6 Å². The molecule has 0 aliphatic carbocycles. The van der Waals surface area contributed by atoms with Crippen LogP contribution in [0.25, 0.3) is 0 Å². The number of benzene rings is 2. The first-order valence-electron chi connectivity index (χ1n) is 13.0. The van der Waals surface area contributed by atoms with E-state index in [0.717, 1.165) is 10.5 Å². The van der Waals surface area contributed by atoms with Gasteiger partial charge in [0, 0.05) is 23.6 Å². The minimum Gasteiger partial charge on any atom is -0.458 e. The topological polar surface area (TPSA) is 114 Å². The zero-order chi connectivity index (χ0) is 30.8. The van der Waals surface area contributed by atoms with Gasteiger partial charge in [0.2, 0.25) is 5.91 Å². The molecule has 0 spiro atoms. The Morgan fingerprint density at radius 3 is 2.02 bits per heavy atom. The van der Waals surface area contributed by atoms with Crippen molar-refractivity contribution >= 4 is 23.9 Å². The third kappa shape index (κ3) is 10.4. The van der Waals surface area contributed by atoms with E-state index in [1.807, 2.05) is 30.3 Å². The van der Waals surface area contributed by atoms with Gasteiger partial charge < -0.3 is 20.1 Å². The lowest BCUT2D eigenvalue weighted by Gasteiger charge is -2.30. The van der Waals surface area contributed by atoms with Crippen LogP contribution in [0.3, 0.4) is 0 Å². The second-order valence-electron chi connectivity index (χ2n) is 11.2. The van der Waals surface area contributed by atoms with Gasteiger partial charge in [-0.1, -0.05) is 60.9 Å². The molecule has 2 aromatic rings. The van der Waals surface area contributed by atoms with Crippen molar-refractivity contribution in [2.24, 2.45) is 0 Å². The molecule has 0 saturated heterocycles. The normalized spacial score (nSPS) is 12.5. The molecule has 216 valence electrons. The van der Waals surface area contributed by atoms with Crippen molar-refractivity contribution in [1.82, 2.24) is 15.5 Å². The molecule has 0 aromatic heterocycles. The average Bonchev–Trinajstić information content (AvgIpc) is 2.88. The molecule has 0 radical (unpaired) electrons. The third-order valence-corrected chi connectivity index (χ3v) is 5.40. The Morgan fingerprint density at radius 2 is 1.46 bits per heavy atom. The number of amides is 3. The van der Waals surface area contributed by atoms with E-state index in [1.54, 1.807) is 65.8 Å². The summed E-state index contributed by atoms with van der Waals surface area (Å²) in [5.41, 5.74) is -0.254. The van der Waals surface area contributed by atoms with Gasteiger partial charge >= 0.3 is 12.1 Å². The zero-order valence-corrected chi connectivity index (χ0v) is 24.3. The van der Waals surface area contributed by atoms with Crippen molar-refractivity contribution < 1.29 is 28.7 Å². The Kier molecular flexibility index (Phi) is 11.1. The fourth-order valence-electron chi connectivity index (χ4n) is 3.77. The Labute approximate surface area is 242 Å². The second-order valence-corrected chi connectivity index (χ2v) is 11.2. The highest BCUT2D eigenvalue weighted by atomic mass is 16.6. The molecular weight excluding hydrogens is 522 g/mol. The van der Waals surface area contributed by atoms with Gasteiger partial charge in [0.25, 0.3) is 5.91 Å². The summed E-state index contributed by atoms with van der Waals surface area (Å²) >= 11 is 0. The molecule has 0 saturated carbocycles. The number of rotatable bonds is 9. The van der Waals surface area contributed by atoms with Crippen LogP contribution in [0.2, 0.25) is 0 Å². The van der Waals surface area contributed by atoms with Crippen LogP contribution in [0.5, 0.6) is 0 Å². The number of terminal acetylenes is 2. The first kappa shape index (κ1) is 32.5. The van der Waals surface area contributed by atoms with E-state index in [2.05, 4.69) is 22.6 Å². The molecule has 0 aliphatic heterocycles. The zero-order valence-electron chi connectivity index (χ0n) is 24.3. The number of ether oxygens (including phenoxy) is 2. The fraction of sp³-hybridized carbons (Fsp3) is 0.375. The van der Waals surface area contributed by atoms with Crippen molar-refractivity contribution in [3.8, 4) is 24.8 Å². The third-order valence-electron chi connectivity index (χ3n) is 5.40. The maximum Gasteiger partial charge on any atom is 0.408 e. The van der Waals surface area contributed by atoms with Gasteiger partial charge in [-0.05, 0) is 53.2 Å². The number of hydrogen-bond acceptors (Lipinski definition) is 6. The van der Waals surface area contributed by atoms with Crippen LogP contribution in [-0.4, -0.2) is 52.6 Å². The van der Waals surface area contributed by atoms with Crippen molar-refractivity contribution in [3.05, 3.63) is 71.3 Å². The highest BCUT2D eigenvalue weighted by molar-refractivity contribution is 5.94. The highest BCUT2D eigenvalue weighted by Crippen LogP contribution is 2.25. The van der Waals surface area contributed by atoms with Gasteiger partial charge in [-0.2, -0.15) is 0 Å². The standard InChI is InChI=1S/C32H37N3O6/c1-9-23-18-14-15-19-24(23)27(35(10-2)26(36)21-33-30(39)41-32(6,7)8)28(37)34-25(29(38)40-31(3,4)5)20-22-16-12-11-13-17-22/h1-2,11-19,25,27H,20-21H2,3-8H3,(H,33,39)(H,34,37). The summed E-state index contributed by atoms with van der Waals surface area (Å²) in [6, 6.07) is 15.3. The molecule has 2 rings (SSSR count). The largest absolute Gasteiger partial charge is 0.458 e. The highest BCUT2D eigenvalue weighted by Gasteiger charge is 2.36. The monoisotopic (exact) mass is 559 g/mol. The van der Waals surface area contributed by atoms with E-state index in [0.29, 0.717) is 5.56 Å². The minimum absolute atomic E-state index is 0.120. The van der Waals surface area contributed by atoms with E-state index in [4.69, 9.17) is 22.3 Å². The van der Waals surface area contributed by atoms with Gasteiger partial charge in [0.1, 0.15) is 29.8 Å². The first-order chi connectivity index (χ1) is 19.1. The lowest BCUT2D eigenvalue weighted by atomic mass is 9.97. The summed E-state index contributed by atoms with van der Waals surface area (Å²) in [7, 11) is 0. The van der Waals surface area contributed by atoms with Crippen molar-refractivity contribution in [2.45, 2.75) is 71.2 Å². The predicted octanol–water partition coefficient (Wildman–Crippen LogP) is 3.72. The molecular formula is C32H37N3O6. The Bertz CT molecular complexity index is 1330. The molecule has 9 heteroatoms. The number of nitrogens with one attached hydrogen (secondary N) is 2. The Morgan fingerprint density at radius 1 is 0.878 bits per heavy atom. The van der Waals surface area contributed by atoms with Crippen LogP contribution >= 0.6 is 0 Å². The second kappa shape index (κ2) is 14.0. The van der Waals surface area contributed by atoms with Crippen molar-refractivity contribution in [1.29, 1.82) is 0 Å². The summed E-state index contributed by atoms with van der Waals surface area (Å²) in [6.07, 6.45) is 10.7. The van der Waals surface area contributed by atoms with E-state index in [-0.39, 0.29) is 12.0 Å². The first-order valence-corrected chi connectivity index (χ1v) is 13.0. The fourth-order valence-corrected chi connectivity index (χ4v) is 3.77. The van der Waals surface area contributed by atoms with Crippen LogP contribution in [0, 0.1) is 24.8 Å². The molecule has 0 heterocycles. The summed E-state index contributed by atoms with van der Waals surface area (Å²) < 4.78 is 10.8. The molecule has 0 aliphatic rings. The number of esters is 1. The minimum atomic E-state index is -1.43. The molecule has 0 fully saturated rings. The van der Waals surface area contributed by atoms with E-state index < -0.39 is 53.7 Å². The maximum absolute atomic E-state index is 13.9. The maximum atomic E-state index is 13.9. The molecule has 2 aromatic carbocycles. The van der Waals surface area contributed by atoms with Gasteiger partial charge in [0.05, 0.1) is 0 Å². The van der Waals surface area contributed by atoms with Crippen LogP contribution in [0.1, 0.15) is 64.3 Å². The van der Waals surface area contributed by atoms with Crippen molar-refractivity contribution in [2.75, 3.05) is 6.54 Å². The van der Waals surface area contributed by atoms with Gasteiger partial charge in [-0.3, -0.25) is 14.5 Å². The Hall–Kier alpha value is -4.76. The molecule has 2 atom stereocenters. The van der Waals surface area contributed by atoms with Crippen LogP contribution in [0.15, 0.2) is 54.6 Å². The Balaban J connectivity index is 2.45. The molecule has 9 nitrogen and oxygen atoms in total. The van der Waals surface area contributed by atoms with Crippen LogP contribution in [0.4, 0.5) is 4.79 Å². The molecule has 3 amide bonds. The van der Waals surface area contributed by atoms with E-state index in [9.17, 15) is 19.2 Å². The lowest BCUT2D eigenvalue weighted by molar-refractivity contribution is -0.159. The predicted molar refractivity (Wildman–Crippen MR) is 155 cm³/mol. The lowest BCUT2D eigenvalue weighted by Crippen LogP contribution is -2.51. The summed E-state index contributed by atoms with van der Waals surface area (Å²) in [5.74, 6) is 0.304. The average molecular weight is 560 g/mol. The number of hydrogen-bond donors (Lipinski definition) is 2. The number of alkyl carbamates (subject to hydrolysis) is 1. The number of nitrogens with zero attached hydrogens (tertiary/aromatic N) is 1. The number of carbonyl (C=O) groups excluding carboxylic acids is 4. The van der Waals surface area contributed by atoms with Crippen molar-refractivity contribution in [3.63, 3.8) is 0 Å². The van der Waals surface area contributed by atoms with Gasteiger partial charge in [0.15, 0.2) is 0 Å². The molecule has 2 N–H and O–H groups in total. The quantitative estimate of drug-likeness (QED) is 0.275. The van der Waals surface area contributed by atoms with Crippen LogP contribution in [-0.2, 0) is 30.3 Å². The van der Waals surface area contributed by atoms with Gasteiger partial charge in [-0.15, -0.1) is 6.42 Å². The summed E-state index contributed by atoms with van der Waals surface area (Å²) in [5, 5.41) is 5.07. The summed E-state index contributed by atoms with van der Waals surface area (Å²) in [4.78, 5) is 53.3. The van der Waals surface area contributed by atoms with E-state index >= 15 is 0 Å². The number of carbonyl (C=O) groups is 4. The SMILES string of the molecule is C#Cc1ccccc1C(C(=O)NC(Cc1ccccc1)C(=O)OC(C)(C)C)N(C#C)C(=O)CNC(=O)OC(C)(C)C. The molecule has 41 heavy (non-hydrogen) atoms. The molecule has 0 bridgehead atoms. The molecule has 2 unspecified atom stereocenters. The van der Waals surface area contributed by atoms with Gasteiger partial charge in [-0.25, -0.2) is 9.59 Å².